The number of cyclic esters (lactones) is 1. The standard InChI is InChI=1S/C27H25F3N2O3/c1-17(18-2-4-19(5-3-18)23-11-10-22(29)16-24(23)30)32-15-14-27(35-26(32)34,13-12-25(31)33)20-6-8-21(28)9-7-20/h2-11,16-17H,12-15H2,1H3,(H2,31,33). The highest BCUT2D eigenvalue weighted by atomic mass is 19.1. The Kier molecular flexibility index (Phi) is 6.82. The Hall–Kier alpha value is -3.81. The minimum Gasteiger partial charge on any atom is -0.438 e. The van der Waals surface area contributed by atoms with Crippen LogP contribution < -0.4 is 5.73 Å². The van der Waals surface area contributed by atoms with Crippen LogP contribution in [-0.2, 0) is 15.1 Å². The molecule has 0 bridgehead atoms. The molecule has 35 heavy (non-hydrogen) atoms. The van der Waals surface area contributed by atoms with Gasteiger partial charge in [0.1, 0.15) is 23.1 Å². The molecule has 5 nitrogen and oxygen atoms in total. The molecule has 8 heteroatoms. The lowest BCUT2D eigenvalue weighted by atomic mass is 9.84. The second-order valence-corrected chi connectivity index (χ2v) is 8.70. The van der Waals surface area contributed by atoms with E-state index in [2.05, 4.69) is 0 Å². The average molecular weight is 483 g/mol. The minimum atomic E-state index is -1.08. The second-order valence-electron chi connectivity index (χ2n) is 8.70. The fourth-order valence-electron chi connectivity index (χ4n) is 4.47. The molecule has 2 atom stereocenters. The van der Waals surface area contributed by atoms with Crippen LogP contribution in [0.3, 0.4) is 0 Å². The highest BCUT2D eigenvalue weighted by Gasteiger charge is 2.43. The molecule has 1 fully saturated rings. The first-order valence-electron chi connectivity index (χ1n) is 11.3. The number of primary amides is 1. The Labute approximate surface area is 201 Å². The van der Waals surface area contributed by atoms with E-state index < -0.39 is 35.1 Å². The summed E-state index contributed by atoms with van der Waals surface area (Å²) in [5, 5.41) is 0. The summed E-state index contributed by atoms with van der Waals surface area (Å²) >= 11 is 0. The molecule has 4 rings (SSSR count). The number of nitrogens with zero attached hydrogens (tertiary/aromatic N) is 1. The molecule has 2 unspecified atom stereocenters. The first-order valence-corrected chi connectivity index (χ1v) is 11.3. The molecule has 0 saturated carbocycles. The maximum Gasteiger partial charge on any atom is 0.411 e. The zero-order valence-corrected chi connectivity index (χ0v) is 19.1. The number of halogens is 3. The largest absolute Gasteiger partial charge is 0.438 e. The van der Waals surface area contributed by atoms with Crippen LogP contribution in [0.5, 0.6) is 0 Å². The van der Waals surface area contributed by atoms with Gasteiger partial charge in [0.05, 0.1) is 6.04 Å². The maximum atomic E-state index is 14.1. The molecule has 2 N–H and O–H groups in total. The number of amides is 2. The van der Waals surface area contributed by atoms with Gasteiger partial charge in [0.25, 0.3) is 0 Å². The number of benzene rings is 3. The number of ether oxygens (including phenoxy) is 1. The smallest absolute Gasteiger partial charge is 0.411 e. The van der Waals surface area contributed by atoms with Crippen molar-refractivity contribution in [3.05, 3.63) is 95.3 Å². The summed E-state index contributed by atoms with van der Waals surface area (Å²) in [5.74, 6) is -2.23. The SMILES string of the molecule is CC(c1ccc(-c2ccc(F)cc2F)cc1)N1CCC(CCC(N)=O)(c2ccc(F)cc2)OC1=O. The molecule has 1 saturated heterocycles. The van der Waals surface area contributed by atoms with E-state index in [-0.39, 0.29) is 24.4 Å². The monoisotopic (exact) mass is 482 g/mol. The lowest BCUT2D eigenvalue weighted by Crippen LogP contribution is -2.49. The lowest BCUT2D eigenvalue weighted by Gasteiger charge is -2.43. The van der Waals surface area contributed by atoms with Crippen molar-refractivity contribution in [2.75, 3.05) is 6.54 Å². The van der Waals surface area contributed by atoms with Gasteiger partial charge >= 0.3 is 6.09 Å². The lowest BCUT2D eigenvalue weighted by molar-refractivity contribution is -0.121. The van der Waals surface area contributed by atoms with E-state index >= 15 is 0 Å². The third-order valence-electron chi connectivity index (χ3n) is 6.52. The van der Waals surface area contributed by atoms with E-state index in [9.17, 15) is 22.8 Å². The summed E-state index contributed by atoms with van der Waals surface area (Å²) in [4.78, 5) is 26.1. The summed E-state index contributed by atoms with van der Waals surface area (Å²) in [6, 6.07) is 15.7. The zero-order valence-electron chi connectivity index (χ0n) is 19.1. The zero-order chi connectivity index (χ0) is 25.2. The van der Waals surface area contributed by atoms with Crippen LogP contribution in [0.2, 0.25) is 0 Å². The summed E-state index contributed by atoms with van der Waals surface area (Å²) in [6.07, 6.45) is 0.0358. The molecule has 182 valence electrons. The minimum absolute atomic E-state index is 0.0155. The number of rotatable bonds is 7. The Morgan fingerprint density at radius 2 is 1.69 bits per heavy atom. The van der Waals surface area contributed by atoms with Crippen LogP contribution in [0.4, 0.5) is 18.0 Å². The molecular weight excluding hydrogens is 457 g/mol. The maximum absolute atomic E-state index is 14.1. The van der Waals surface area contributed by atoms with Crippen molar-refractivity contribution in [2.45, 2.75) is 37.8 Å². The molecule has 0 aliphatic carbocycles. The van der Waals surface area contributed by atoms with Gasteiger partial charge in [-0.25, -0.2) is 18.0 Å². The summed E-state index contributed by atoms with van der Waals surface area (Å²) in [5.41, 5.74) is 6.52. The van der Waals surface area contributed by atoms with Gasteiger partial charge < -0.3 is 15.4 Å². The third-order valence-corrected chi connectivity index (χ3v) is 6.52. The van der Waals surface area contributed by atoms with E-state index in [0.717, 1.165) is 11.6 Å². The van der Waals surface area contributed by atoms with Crippen LogP contribution in [0.15, 0.2) is 66.7 Å². The van der Waals surface area contributed by atoms with Crippen LogP contribution in [0.25, 0.3) is 11.1 Å². The summed E-state index contributed by atoms with van der Waals surface area (Å²) < 4.78 is 46.7. The molecule has 1 aliphatic rings. The molecule has 1 aliphatic heterocycles. The second kappa shape index (κ2) is 9.82. The highest BCUT2D eigenvalue weighted by molar-refractivity contribution is 5.74. The van der Waals surface area contributed by atoms with Crippen LogP contribution in [0.1, 0.15) is 43.4 Å². The predicted octanol–water partition coefficient (Wildman–Crippen LogP) is 5.84. The van der Waals surface area contributed by atoms with Crippen molar-refractivity contribution in [2.24, 2.45) is 5.73 Å². The average Bonchev–Trinajstić information content (AvgIpc) is 2.83. The van der Waals surface area contributed by atoms with E-state index in [1.165, 1.54) is 24.3 Å². The first-order chi connectivity index (χ1) is 16.7. The molecule has 1 heterocycles. The van der Waals surface area contributed by atoms with E-state index in [4.69, 9.17) is 10.5 Å². The first kappa shape index (κ1) is 24.3. The predicted molar refractivity (Wildman–Crippen MR) is 125 cm³/mol. The molecule has 0 aromatic heterocycles. The normalized spacial score (nSPS) is 18.7. The van der Waals surface area contributed by atoms with Gasteiger partial charge in [0.15, 0.2) is 0 Å². The number of hydrogen-bond donors (Lipinski definition) is 1. The van der Waals surface area contributed by atoms with Crippen LogP contribution >= 0.6 is 0 Å². The number of carbonyl (C=O) groups excluding carboxylic acids is 2. The van der Waals surface area contributed by atoms with Gasteiger partial charge in [0.2, 0.25) is 5.91 Å². The Morgan fingerprint density at radius 3 is 2.29 bits per heavy atom. The molecule has 3 aromatic rings. The van der Waals surface area contributed by atoms with E-state index in [0.29, 0.717) is 24.1 Å². The quantitative estimate of drug-likeness (QED) is 0.460. The summed E-state index contributed by atoms with van der Waals surface area (Å²) in [7, 11) is 0. The summed E-state index contributed by atoms with van der Waals surface area (Å²) in [6.45, 7) is 2.19. The van der Waals surface area contributed by atoms with Gasteiger partial charge in [-0.15, -0.1) is 0 Å². The topological polar surface area (TPSA) is 72.6 Å². The molecule has 0 spiro atoms. The van der Waals surface area contributed by atoms with Gasteiger partial charge in [0, 0.05) is 37.4 Å². The van der Waals surface area contributed by atoms with E-state index in [1.54, 1.807) is 41.3 Å². The van der Waals surface area contributed by atoms with Crippen molar-refractivity contribution in [1.82, 2.24) is 4.90 Å². The van der Waals surface area contributed by atoms with Gasteiger partial charge in [-0.2, -0.15) is 0 Å². The van der Waals surface area contributed by atoms with E-state index in [1.807, 2.05) is 6.92 Å². The Bertz CT molecular complexity index is 1230. The molecule has 0 radical (unpaired) electrons. The van der Waals surface area contributed by atoms with Crippen LogP contribution in [-0.4, -0.2) is 23.4 Å². The van der Waals surface area contributed by atoms with Gasteiger partial charge in [-0.3, -0.25) is 4.79 Å². The number of hydrogen-bond acceptors (Lipinski definition) is 3. The third kappa shape index (κ3) is 5.16. The van der Waals surface area contributed by atoms with Gasteiger partial charge in [-0.05, 0) is 47.9 Å². The number of carbonyl (C=O) groups is 2. The fraction of sp³-hybridized carbons (Fsp3) is 0.259. The number of nitrogens with two attached hydrogens (primary N) is 1. The highest BCUT2D eigenvalue weighted by Crippen LogP contribution is 2.40. The fourth-order valence-corrected chi connectivity index (χ4v) is 4.47. The Morgan fingerprint density at radius 1 is 1.03 bits per heavy atom. The van der Waals surface area contributed by atoms with Crippen molar-refractivity contribution in [3.8, 4) is 11.1 Å². The van der Waals surface area contributed by atoms with Gasteiger partial charge in [-0.1, -0.05) is 36.4 Å². The molecular formula is C27H25F3N2O3. The van der Waals surface area contributed by atoms with Crippen molar-refractivity contribution in [3.63, 3.8) is 0 Å². The molecule has 2 amide bonds. The van der Waals surface area contributed by atoms with Crippen molar-refractivity contribution >= 4 is 12.0 Å². The van der Waals surface area contributed by atoms with Crippen LogP contribution in [0, 0.1) is 17.5 Å². The Balaban J connectivity index is 1.53. The van der Waals surface area contributed by atoms with Crippen molar-refractivity contribution < 1.29 is 27.5 Å². The van der Waals surface area contributed by atoms with Crippen molar-refractivity contribution in [1.29, 1.82) is 0 Å². The molecule has 3 aromatic carbocycles.